The van der Waals surface area contributed by atoms with Gasteiger partial charge in [-0.15, -0.1) is 12.4 Å². The molecule has 1 saturated carbocycles. The van der Waals surface area contributed by atoms with E-state index >= 15 is 0 Å². The average molecular weight is 457 g/mol. The Kier molecular flexibility index (Phi) is 5.62. The molecule has 5 nitrogen and oxygen atoms in total. The number of rotatable bonds is 3. The molecular weight excluding hydrogens is 427 g/mol. The third kappa shape index (κ3) is 3.99. The number of nitrogens with one attached hydrogen (secondary N) is 1. The summed E-state index contributed by atoms with van der Waals surface area (Å²) in [7, 11) is 0. The maximum Gasteiger partial charge on any atom is 0.254 e. The number of hydrogen-bond acceptors (Lipinski definition) is 4. The number of nitrogens with zero attached hydrogens (tertiary/aromatic N) is 3. The Morgan fingerprint density at radius 2 is 1.78 bits per heavy atom. The predicted octanol–water partition coefficient (Wildman–Crippen LogP) is 3.97. The van der Waals surface area contributed by atoms with Gasteiger partial charge in [0.25, 0.3) is 5.56 Å². The van der Waals surface area contributed by atoms with Crippen molar-refractivity contribution in [3.05, 3.63) is 63.6 Å². The Labute approximate surface area is 194 Å². The smallest absolute Gasteiger partial charge is 0.254 e. The Morgan fingerprint density at radius 3 is 2.50 bits per heavy atom. The second-order valence-electron chi connectivity index (χ2n) is 9.81. The van der Waals surface area contributed by atoms with Crippen molar-refractivity contribution < 1.29 is 4.39 Å². The minimum Gasteiger partial charge on any atom is -0.369 e. The predicted molar refractivity (Wildman–Crippen MR) is 127 cm³/mol. The molecule has 170 valence electrons. The molecule has 3 aliphatic carbocycles. The molecule has 1 spiro atoms. The van der Waals surface area contributed by atoms with E-state index in [0.717, 1.165) is 74.6 Å². The molecule has 32 heavy (non-hydrogen) atoms. The van der Waals surface area contributed by atoms with Crippen molar-refractivity contribution in [1.29, 1.82) is 0 Å². The van der Waals surface area contributed by atoms with Crippen molar-refractivity contribution >= 4 is 23.7 Å². The normalized spacial score (nSPS) is 24.1. The molecule has 1 aromatic heterocycles. The molecule has 1 aliphatic heterocycles. The van der Waals surface area contributed by atoms with Crippen LogP contribution < -0.4 is 10.5 Å². The molecule has 0 bridgehead atoms. The van der Waals surface area contributed by atoms with Crippen LogP contribution in [0.5, 0.6) is 0 Å². The van der Waals surface area contributed by atoms with Gasteiger partial charge in [-0.1, -0.05) is 6.08 Å². The lowest BCUT2D eigenvalue weighted by Gasteiger charge is -2.38. The lowest BCUT2D eigenvalue weighted by molar-refractivity contribution is 0.214. The van der Waals surface area contributed by atoms with Crippen molar-refractivity contribution in [3.8, 4) is 0 Å². The van der Waals surface area contributed by atoms with Crippen LogP contribution in [0.25, 0.3) is 5.57 Å². The van der Waals surface area contributed by atoms with Crippen LogP contribution >= 0.6 is 12.4 Å². The molecule has 7 heteroatoms. The van der Waals surface area contributed by atoms with E-state index in [2.05, 4.69) is 20.9 Å². The zero-order valence-electron chi connectivity index (χ0n) is 18.3. The van der Waals surface area contributed by atoms with Crippen LogP contribution in [0.1, 0.15) is 49.2 Å². The Balaban J connectivity index is 0.00000216. The molecule has 2 heterocycles. The number of halogens is 2. The van der Waals surface area contributed by atoms with Gasteiger partial charge in [-0.25, -0.2) is 9.37 Å². The highest BCUT2D eigenvalue weighted by molar-refractivity contribution is 5.85. The van der Waals surface area contributed by atoms with Crippen LogP contribution in [0.15, 0.2) is 35.1 Å². The molecule has 0 radical (unpaired) electrons. The van der Waals surface area contributed by atoms with Crippen LogP contribution in [0.4, 0.5) is 10.1 Å². The van der Waals surface area contributed by atoms with Crippen LogP contribution in [0, 0.1) is 11.2 Å². The Bertz CT molecular complexity index is 1080. The van der Waals surface area contributed by atoms with Crippen LogP contribution in [-0.4, -0.2) is 47.1 Å². The number of allylic oxidation sites excluding steroid dienone is 1. The van der Waals surface area contributed by atoms with E-state index in [9.17, 15) is 9.18 Å². The van der Waals surface area contributed by atoms with Gasteiger partial charge in [-0.2, -0.15) is 0 Å². The van der Waals surface area contributed by atoms with Crippen LogP contribution in [0.3, 0.4) is 0 Å². The summed E-state index contributed by atoms with van der Waals surface area (Å²) in [5.41, 5.74) is 4.78. The van der Waals surface area contributed by atoms with Crippen molar-refractivity contribution in [2.24, 2.45) is 5.41 Å². The first kappa shape index (κ1) is 21.7. The summed E-state index contributed by atoms with van der Waals surface area (Å²) in [6, 6.07) is 7.19. The third-order valence-electron chi connectivity index (χ3n) is 7.88. The Hall–Kier alpha value is -2.18. The summed E-state index contributed by atoms with van der Waals surface area (Å²) in [4.78, 5) is 25.6. The highest BCUT2D eigenvalue weighted by Gasteiger charge is 2.45. The van der Waals surface area contributed by atoms with Gasteiger partial charge in [0, 0.05) is 43.5 Å². The molecule has 2 aromatic rings. The summed E-state index contributed by atoms with van der Waals surface area (Å²) in [6.07, 6.45) is 9.98. The summed E-state index contributed by atoms with van der Waals surface area (Å²) in [5.74, 6) is 0.606. The van der Waals surface area contributed by atoms with E-state index in [0.29, 0.717) is 11.5 Å². The van der Waals surface area contributed by atoms with E-state index in [-0.39, 0.29) is 23.8 Å². The summed E-state index contributed by atoms with van der Waals surface area (Å²) < 4.78 is 13.2. The topological polar surface area (TPSA) is 52.2 Å². The van der Waals surface area contributed by atoms with Gasteiger partial charge in [0.05, 0.1) is 5.69 Å². The third-order valence-corrected chi connectivity index (χ3v) is 7.88. The molecule has 1 atom stereocenters. The summed E-state index contributed by atoms with van der Waals surface area (Å²) in [6.45, 7) is 3.87. The number of H-pyrrole nitrogens is 1. The van der Waals surface area contributed by atoms with Crippen molar-refractivity contribution in [2.45, 2.75) is 51.0 Å². The van der Waals surface area contributed by atoms with Gasteiger partial charge in [0.2, 0.25) is 0 Å². The van der Waals surface area contributed by atoms with Crippen molar-refractivity contribution in [3.63, 3.8) is 0 Å². The fraction of sp³-hybridized carbons (Fsp3) is 0.520. The molecule has 2 fully saturated rings. The number of aromatic nitrogens is 2. The van der Waals surface area contributed by atoms with E-state index in [1.54, 1.807) is 0 Å². The lowest BCUT2D eigenvalue weighted by atomic mass is 9.84. The highest BCUT2D eigenvalue weighted by atomic mass is 35.5. The second-order valence-corrected chi connectivity index (χ2v) is 9.81. The minimum absolute atomic E-state index is 0. The molecule has 4 aliphatic rings. The molecule has 0 amide bonds. The fourth-order valence-electron chi connectivity index (χ4n) is 5.69. The molecule has 1 N–H and O–H groups in total. The van der Waals surface area contributed by atoms with E-state index in [1.807, 2.05) is 12.1 Å². The number of aryl methyl sites for hydroxylation is 1. The number of aromatic amines is 1. The maximum absolute atomic E-state index is 13.2. The Morgan fingerprint density at radius 1 is 1.03 bits per heavy atom. The van der Waals surface area contributed by atoms with Gasteiger partial charge < -0.3 is 9.88 Å². The number of fused-ring (bicyclic) bond motifs is 1. The van der Waals surface area contributed by atoms with Gasteiger partial charge in [0.15, 0.2) is 0 Å². The summed E-state index contributed by atoms with van der Waals surface area (Å²) in [5, 5.41) is 0. The van der Waals surface area contributed by atoms with Crippen LogP contribution in [0.2, 0.25) is 0 Å². The van der Waals surface area contributed by atoms with Gasteiger partial charge in [0.1, 0.15) is 11.6 Å². The highest BCUT2D eigenvalue weighted by Crippen LogP contribution is 2.53. The standard InChI is InChI=1S/C25H29FN4O.ClH/c26-18-2-5-19(6-3-18)29-11-13-30(14-12-29)20-4-1-17(15-20)23-27-22-7-8-25(9-10-25)16-21(22)24(31)28-23;/h2-3,5-6,15,20H,1,4,7-14,16H2,(H,27,28,31);1H/t20-;/m1./s1. The number of piperazine rings is 1. The molecule has 1 saturated heterocycles. The number of anilines is 1. The van der Waals surface area contributed by atoms with Gasteiger partial charge >= 0.3 is 0 Å². The zero-order valence-corrected chi connectivity index (χ0v) is 19.1. The lowest BCUT2D eigenvalue weighted by Crippen LogP contribution is -2.49. The van der Waals surface area contributed by atoms with Crippen molar-refractivity contribution in [2.75, 3.05) is 31.1 Å². The SMILES string of the molecule is Cl.O=c1[nH]c(C2=C[C@H](N3CCN(c4ccc(F)cc4)CC3)CC2)nc2c1CC1(CC2)CC1. The average Bonchev–Trinajstić information content (AvgIpc) is 3.35. The second kappa shape index (κ2) is 8.31. The summed E-state index contributed by atoms with van der Waals surface area (Å²) >= 11 is 0. The first-order chi connectivity index (χ1) is 15.1. The molecule has 6 rings (SSSR count). The largest absolute Gasteiger partial charge is 0.369 e. The first-order valence-corrected chi connectivity index (χ1v) is 11.7. The maximum atomic E-state index is 13.2. The minimum atomic E-state index is -0.188. The molecule has 1 aromatic carbocycles. The van der Waals surface area contributed by atoms with Crippen molar-refractivity contribution in [1.82, 2.24) is 14.9 Å². The van der Waals surface area contributed by atoms with E-state index in [1.165, 1.54) is 37.0 Å². The zero-order chi connectivity index (χ0) is 21.0. The van der Waals surface area contributed by atoms with Crippen LogP contribution in [-0.2, 0) is 12.8 Å². The fourth-order valence-corrected chi connectivity index (χ4v) is 5.69. The van der Waals surface area contributed by atoms with Gasteiger partial charge in [-0.3, -0.25) is 9.69 Å². The quantitative estimate of drug-likeness (QED) is 0.759. The molecular formula is C25H30ClFN4O. The monoisotopic (exact) mass is 456 g/mol. The first-order valence-electron chi connectivity index (χ1n) is 11.7. The van der Waals surface area contributed by atoms with Gasteiger partial charge in [-0.05, 0) is 80.2 Å². The van der Waals surface area contributed by atoms with E-state index < -0.39 is 0 Å². The molecule has 0 unspecified atom stereocenters. The number of benzene rings is 1. The van der Waals surface area contributed by atoms with E-state index in [4.69, 9.17) is 4.98 Å². The number of hydrogen-bond donors (Lipinski definition) is 1.